The molecule has 19 heavy (non-hydrogen) atoms. The van der Waals surface area contributed by atoms with Gasteiger partial charge in [-0.05, 0) is 39.0 Å². The number of benzene rings is 1. The van der Waals surface area contributed by atoms with E-state index in [2.05, 4.69) is 4.74 Å². The third-order valence-electron chi connectivity index (χ3n) is 2.81. The normalized spacial score (nSPS) is 10.4. The standard InChI is InChI=1S/C14H18FNO3/c1-9(2)16(8-14(18)19-4)13-6-5-11(10(3)17)7-12(13)15/h5-7,9H,8H2,1-4H3. The van der Waals surface area contributed by atoms with Crippen molar-refractivity contribution < 1.29 is 18.7 Å². The highest BCUT2D eigenvalue weighted by molar-refractivity contribution is 5.94. The van der Waals surface area contributed by atoms with Crippen LogP contribution in [0.1, 0.15) is 31.1 Å². The molecule has 104 valence electrons. The van der Waals surface area contributed by atoms with Crippen molar-refractivity contribution in [3.63, 3.8) is 0 Å². The highest BCUT2D eigenvalue weighted by Crippen LogP contribution is 2.22. The zero-order chi connectivity index (χ0) is 14.6. The van der Waals surface area contributed by atoms with Crippen LogP contribution in [0.25, 0.3) is 0 Å². The van der Waals surface area contributed by atoms with Crippen LogP contribution in [0, 0.1) is 5.82 Å². The average Bonchev–Trinajstić information content (AvgIpc) is 2.35. The number of methoxy groups -OCH3 is 1. The van der Waals surface area contributed by atoms with Gasteiger partial charge in [0, 0.05) is 11.6 Å². The first kappa shape index (κ1) is 15.1. The van der Waals surface area contributed by atoms with Gasteiger partial charge in [-0.3, -0.25) is 9.59 Å². The molecule has 0 spiro atoms. The Morgan fingerprint density at radius 1 is 1.37 bits per heavy atom. The van der Waals surface area contributed by atoms with Crippen LogP contribution in [-0.2, 0) is 9.53 Å². The van der Waals surface area contributed by atoms with Gasteiger partial charge in [0.2, 0.25) is 0 Å². The summed E-state index contributed by atoms with van der Waals surface area (Å²) in [5, 5.41) is 0. The molecule has 5 heteroatoms. The van der Waals surface area contributed by atoms with Crippen LogP contribution in [0.15, 0.2) is 18.2 Å². The van der Waals surface area contributed by atoms with Crippen LogP contribution in [0.5, 0.6) is 0 Å². The molecule has 0 bridgehead atoms. The summed E-state index contributed by atoms with van der Waals surface area (Å²) in [6.45, 7) is 5.04. The molecule has 0 atom stereocenters. The van der Waals surface area contributed by atoms with Crippen molar-refractivity contribution in [2.75, 3.05) is 18.6 Å². The Labute approximate surface area is 112 Å². The summed E-state index contributed by atoms with van der Waals surface area (Å²) in [5.74, 6) is -1.16. The van der Waals surface area contributed by atoms with Gasteiger partial charge in [-0.25, -0.2) is 4.39 Å². The van der Waals surface area contributed by atoms with Gasteiger partial charge in [0.15, 0.2) is 5.78 Å². The van der Waals surface area contributed by atoms with E-state index in [1.807, 2.05) is 13.8 Å². The number of carbonyl (C=O) groups excluding carboxylic acids is 2. The van der Waals surface area contributed by atoms with Crippen molar-refractivity contribution >= 4 is 17.4 Å². The smallest absolute Gasteiger partial charge is 0.325 e. The molecule has 4 nitrogen and oxygen atoms in total. The molecule has 0 saturated heterocycles. The highest BCUT2D eigenvalue weighted by atomic mass is 19.1. The van der Waals surface area contributed by atoms with Gasteiger partial charge < -0.3 is 9.64 Å². The number of Topliss-reactive ketones (excluding diaryl/α,β-unsaturated/α-hetero) is 1. The number of rotatable bonds is 5. The lowest BCUT2D eigenvalue weighted by Gasteiger charge is -2.28. The Kier molecular flexibility index (Phi) is 5.03. The zero-order valence-corrected chi connectivity index (χ0v) is 11.6. The Bertz CT molecular complexity index is 486. The number of ketones is 1. The molecule has 0 N–H and O–H groups in total. The van der Waals surface area contributed by atoms with E-state index in [9.17, 15) is 14.0 Å². The third-order valence-corrected chi connectivity index (χ3v) is 2.81. The lowest BCUT2D eigenvalue weighted by atomic mass is 10.1. The second-order valence-electron chi connectivity index (χ2n) is 4.52. The Hall–Kier alpha value is -1.91. The van der Waals surface area contributed by atoms with E-state index in [4.69, 9.17) is 0 Å². The molecule has 0 fully saturated rings. The number of hydrogen-bond acceptors (Lipinski definition) is 4. The number of halogens is 1. The van der Waals surface area contributed by atoms with E-state index >= 15 is 0 Å². The predicted molar refractivity (Wildman–Crippen MR) is 70.9 cm³/mol. The molecule has 0 aromatic heterocycles. The fourth-order valence-electron chi connectivity index (χ4n) is 1.71. The number of carbonyl (C=O) groups is 2. The van der Waals surface area contributed by atoms with E-state index in [0.29, 0.717) is 5.56 Å². The summed E-state index contributed by atoms with van der Waals surface area (Å²) in [6, 6.07) is 4.17. The molecule has 0 saturated carbocycles. The van der Waals surface area contributed by atoms with E-state index in [-0.39, 0.29) is 24.1 Å². The largest absolute Gasteiger partial charge is 0.468 e. The average molecular weight is 267 g/mol. The van der Waals surface area contributed by atoms with Gasteiger partial charge in [-0.15, -0.1) is 0 Å². The lowest BCUT2D eigenvalue weighted by molar-refractivity contribution is -0.139. The van der Waals surface area contributed by atoms with Crippen molar-refractivity contribution in [3.05, 3.63) is 29.6 Å². The predicted octanol–water partition coefficient (Wildman–Crippen LogP) is 2.42. The van der Waals surface area contributed by atoms with E-state index in [1.165, 1.54) is 26.2 Å². The van der Waals surface area contributed by atoms with Gasteiger partial charge in [0.05, 0.1) is 12.8 Å². The van der Waals surface area contributed by atoms with Gasteiger partial charge in [0.25, 0.3) is 0 Å². The number of esters is 1. The first-order valence-corrected chi connectivity index (χ1v) is 6.00. The first-order valence-electron chi connectivity index (χ1n) is 6.00. The molecule has 0 heterocycles. The summed E-state index contributed by atoms with van der Waals surface area (Å²) in [5.41, 5.74) is 0.591. The molecule has 0 aliphatic rings. The summed E-state index contributed by atoms with van der Waals surface area (Å²) in [7, 11) is 1.29. The number of hydrogen-bond donors (Lipinski definition) is 0. The zero-order valence-electron chi connectivity index (χ0n) is 11.6. The quantitative estimate of drug-likeness (QED) is 0.607. The van der Waals surface area contributed by atoms with Crippen molar-refractivity contribution in [2.24, 2.45) is 0 Å². The van der Waals surface area contributed by atoms with Crippen LogP contribution in [0.2, 0.25) is 0 Å². The molecule has 0 radical (unpaired) electrons. The second kappa shape index (κ2) is 6.31. The fraction of sp³-hybridized carbons (Fsp3) is 0.429. The minimum absolute atomic E-state index is 0.0372. The molecule has 1 aromatic carbocycles. The number of anilines is 1. The molecular weight excluding hydrogens is 249 g/mol. The van der Waals surface area contributed by atoms with Crippen LogP contribution in [-0.4, -0.2) is 31.4 Å². The fourth-order valence-corrected chi connectivity index (χ4v) is 1.71. The molecule has 0 amide bonds. The Morgan fingerprint density at radius 2 is 2.00 bits per heavy atom. The van der Waals surface area contributed by atoms with Crippen LogP contribution < -0.4 is 4.90 Å². The maximum atomic E-state index is 14.0. The molecule has 0 aliphatic heterocycles. The monoisotopic (exact) mass is 267 g/mol. The molecule has 0 unspecified atom stereocenters. The maximum absolute atomic E-state index is 14.0. The van der Waals surface area contributed by atoms with Crippen LogP contribution in [0.3, 0.4) is 0 Å². The summed E-state index contributed by atoms with van der Waals surface area (Å²) in [4.78, 5) is 24.1. The van der Waals surface area contributed by atoms with E-state index in [1.54, 1.807) is 11.0 Å². The Morgan fingerprint density at radius 3 is 2.42 bits per heavy atom. The van der Waals surface area contributed by atoms with Gasteiger partial charge >= 0.3 is 5.97 Å². The third kappa shape index (κ3) is 3.77. The minimum atomic E-state index is -0.523. The number of nitrogens with zero attached hydrogens (tertiary/aromatic N) is 1. The summed E-state index contributed by atoms with van der Waals surface area (Å²) < 4.78 is 18.6. The summed E-state index contributed by atoms with van der Waals surface area (Å²) >= 11 is 0. The highest BCUT2D eigenvalue weighted by Gasteiger charge is 2.19. The summed E-state index contributed by atoms with van der Waals surface area (Å²) in [6.07, 6.45) is 0. The molecule has 0 aliphatic carbocycles. The topological polar surface area (TPSA) is 46.6 Å². The number of ether oxygens (including phenoxy) is 1. The second-order valence-corrected chi connectivity index (χ2v) is 4.52. The lowest BCUT2D eigenvalue weighted by Crippen LogP contribution is -2.36. The van der Waals surface area contributed by atoms with Gasteiger partial charge in [-0.2, -0.15) is 0 Å². The van der Waals surface area contributed by atoms with E-state index in [0.717, 1.165) is 0 Å². The maximum Gasteiger partial charge on any atom is 0.325 e. The van der Waals surface area contributed by atoms with Crippen molar-refractivity contribution in [1.29, 1.82) is 0 Å². The van der Waals surface area contributed by atoms with Crippen molar-refractivity contribution in [1.82, 2.24) is 0 Å². The van der Waals surface area contributed by atoms with E-state index < -0.39 is 11.8 Å². The van der Waals surface area contributed by atoms with Crippen LogP contribution in [0.4, 0.5) is 10.1 Å². The van der Waals surface area contributed by atoms with Gasteiger partial charge in [-0.1, -0.05) is 0 Å². The van der Waals surface area contributed by atoms with Crippen molar-refractivity contribution in [3.8, 4) is 0 Å². The molecular formula is C14H18FNO3. The Balaban J connectivity index is 3.09. The van der Waals surface area contributed by atoms with Crippen molar-refractivity contribution in [2.45, 2.75) is 26.8 Å². The first-order chi connectivity index (χ1) is 8.86. The molecule has 1 aromatic rings. The van der Waals surface area contributed by atoms with Gasteiger partial charge in [0.1, 0.15) is 12.4 Å². The minimum Gasteiger partial charge on any atom is -0.468 e. The molecule has 1 rings (SSSR count). The SMILES string of the molecule is COC(=O)CN(c1ccc(C(C)=O)cc1F)C(C)C. The van der Waals surface area contributed by atoms with Crippen LogP contribution >= 0.6 is 0 Å².